The Bertz CT molecular complexity index is 430. The molecule has 1 aromatic rings. The molecule has 16 heavy (non-hydrogen) atoms. The Balaban J connectivity index is 2.23. The Morgan fingerprint density at radius 3 is 2.56 bits per heavy atom. The fourth-order valence-corrected chi connectivity index (χ4v) is 2.50. The monoisotopic (exact) mass is 214 g/mol. The number of rotatable bonds is 2. The molecule has 1 aromatic carbocycles. The number of benzene rings is 1. The lowest BCUT2D eigenvalue weighted by Crippen LogP contribution is -2.25. The minimum atomic E-state index is -0.202. The van der Waals surface area contributed by atoms with Crippen LogP contribution in [0.3, 0.4) is 0 Å². The zero-order valence-corrected chi connectivity index (χ0v) is 9.02. The van der Waals surface area contributed by atoms with Crippen LogP contribution in [0.25, 0.3) is 0 Å². The topological polar surface area (TPSA) is 66.9 Å². The molecule has 3 heteroatoms. The van der Waals surface area contributed by atoms with Crippen molar-refractivity contribution in [3.8, 4) is 6.07 Å². The van der Waals surface area contributed by atoms with Crippen LogP contribution in [0, 0.1) is 17.2 Å². The largest absolute Gasteiger partial charge is 0.369 e. The van der Waals surface area contributed by atoms with Gasteiger partial charge in [0.15, 0.2) is 0 Å². The second-order valence-electron chi connectivity index (χ2n) is 4.28. The first kappa shape index (κ1) is 10.7. The second-order valence-corrected chi connectivity index (χ2v) is 4.28. The molecular weight excluding hydrogens is 200 g/mol. The van der Waals surface area contributed by atoms with Crippen LogP contribution in [-0.4, -0.2) is 5.91 Å². The number of nitrogens with two attached hydrogens (primary N) is 1. The molecular formula is C13H14N2O. The van der Waals surface area contributed by atoms with Crippen molar-refractivity contribution < 1.29 is 4.79 Å². The van der Waals surface area contributed by atoms with Crippen LogP contribution in [0.2, 0.25) is 0 Å². The molecule has 0 aliphatic heterocycles. The van der Waals surface area contributed by atoms with Gasteiger partial charge in [-0.25, -0.2) is 0 Å². The number of amides is 1. The van der Waals surface area contributed by atoms with Gasteiger partial charge in [-0.15, -0.1) is 0 Å². The van der Waals surface area contributed by atoms with E-state index in [-0.39, 0.29) is 17.7 Å². The first-order valence-corrected chi connectivity index (χ1v) is 5.51. The smallest absolute Gasteiger partial charge is 0.221 e. The van der Waals surface area contributed by atoms with Gasteiger partial charge >= 0.3 is 0 Å². The summed E-state index contributed by atoms with van der Waals surface area (Å²) in [6.07, 6.45) is 2.96. The Morgan fingerprint density at radius 2 is 2.00 bits per heavy atom. The molecule has 1 saturated carbocycles. The van der Waals surface area contributed by atoms with E-state index in [4.69, 9.17) is 11.0 Å². The van der Waals surface area contributed by atoms with Gasteiger partial charge in [-0.1, -0.05) is 18.6 Å². The van der Waals surface area contributed by atoms with Crippen LogP contribution in [0.1, 0.15) is 36.3 Å². The van der Waals surface area contributed by atoms with Crippen molar-refractivity contribution in [2.24, 2.45) is 11.7 Å². The van der Waals surface area contributed by atoms with Gasteiger partial charge in [0.05, 0.1) is 11.6 Å². The second kappa shape index (κ2) is 4.36. The average Bonchev–Trinajstić information content (AvgIpc) is 2.78. The molecule has 0 bridgehead atoms. The molecule has 0 heterocycles. The number of carbonyl (C=O) groups excluding carboxylic acids is 1. The molecule has 82 valence electrons. The van der Waals surface area contributed by atoms with Gasteiger partial charge in [-0.05, 0) is 36.5 Å². The number of nitrogens with zero attached hydrogens (tertiary/aromatic N) is 1. The molecule has 1 aliphatic rings. The molecule has 2 unspecified atom stereocenters. The summed E-state index contributed by atoms with van der Waals surface area (Å²) in [7, 11) is 0. The van der Waals surface area contributed by atoms with Crippen LogP contribution in [0.15, 0.2) is 24.3 Å². The Labute approximate surface area is 94.9 Å². The molecule has 0 saturated heterocycles. The van der Waals surface area contributed by atoms with Crippen LogP contribution in [0.5, 0.6) is 0 Å². The SMILES string of the molecule is N#Cc1ccc(C2CCCC2C(N)=O)cc1. The number of nitriles is 1. The molecule has 2 N–H and O–H groups in total. The third kappa shape index (κ3) is 1.92. The minimum Gasteiger partial charge on any atom is -0.369 e. The van der Waals surface area contributed by atoms with Gasteiger partial charge < -0.3 is 5.73 Å². The number of carbonyl (C=O) groups is 1. The van der Waals surface area contributed by atoms with Crippen molar-refractivity contribution in [2.75, 3.05) is 0 Å². The van der Waals surface area contributed by atoms with Gasteiger partial charge in [0.2, 0.25) is 5.91 Å². The molecule has 2 atom stereocenters. The van der Waals surface area contributed by atoms with E-state index in [0.717, 1.165) is 24.8 Å². The number of hydrogen-bond acceptors (Lipinski definition) is 2. The quantitative estimate of drug-likeness (QED) is 0.817. The predicted octanol–water partition coefficient (Wildman–Crippen LogP) is 1.93. The van der Waals surface area contributed by atoms with E-state index in [2.05, 4.69) is 6.07 Å². The van der Waals surface area contributed by atoms with Crippen LogP contribution in [0.4, 0.5) is 0 Å². The third-order valence-corrected chi connectivity index (χ3v) is 3.35. The van der Waals surface area contributed by atoms with E-state index < -0.39 is 0 Å². The molecule has 0 aromatic heterocycles. The van der Waals surface area contributed by atoms with E-state index >= 15 is 0 Å². The van der Waals surface area contributed by atoms with Crippen molar-refractivity contribution in [1.29, 1.82) is 5.26 Å². The molecule has 1 amide bonds. The molecule has 0 radical (unpaired) electrons. The molecule has 3 nitrogen and oxygen atoms in total. The fourth-order valence-electron chi connectivity index (χ4n) is 2.50. The van der Waals surface area contributed by atoms with E-state index in [1.165, 1.54) is 0 Å². The van der Waals surface area contributed by atoms with Crippen LogP contribution >= 0.6 is 0 Å². The van der Waals surface area contributed by atoms with E-state index in [1.54, 1.807) is 12.1 Å². The lowest BCUT2D eigenvalue weighted by atomic mass is 9.88. The lowest BCUT2D eigenvalue weighted by Gasteiger charge is -2.16. The lowest BCUT2D eigenvalue weighted by molar-refractivity contribution is -0.122. The highest BCUT2D eigenvalue weighted by Gasteiger charge is 2.32. The van der Waals surface area contributed by atoms with Gasteiger partial charge in [-0.3, -0.25) is 4.79 Å². The van der Waals surface area contributed by atoms with Crippen molar-refractivity contribution >= 4 is 5.91 Å². The highest BCUT2D eigenvalue weighted by molar-refractivity contribution is 5.78. The van der Waals surface area contributed by atoms with Crippen molar-refractivity contribution in [3.63, 3.8) is 0 Å². The first-order chi connectivity index (χ1) is 7.72. The summed E-state index contributed by atoms with van der Waals surface area (Å²) in [5, 5.41) is 8.71. The van der Waals surface area contributed by atoms with Crippen molar-refractivity contribution in [2.45, 2.75) is 25.2 Å². The summed E-state index contributed by atoms with van der Waals surface area (Å²) in [5.74, 6) is 0.00467. The Hall–Kier alpha value is -1.82. The van der Waals surface area contributed by atoms with Gasteiger partial charge in [0.1, 0.15) is 0 Å². The third-order valence-electron chi connectivity index (χ3n) is 3.35. The summed E-state index contributed by atoms with van der Waals surface area (Å²) in [4.78, 5) is 11.3. The number of primary amides is 1. The van der Waals surface area contributed by atoms with E-state index in [9.17, 15) is 4.79 Å². The summed E-state index contributed by atoms with van der Waals surface area (Å²) in [6, 6.07) is 9.55. The van der Waals surface area contributed by atoms with Gasteiger partial charge in [-0.2, -0.15) is 5.26 Å². The standard InChI is InChI=1S/C13H14N2O/c14-8-9-4-6-10(7-5-9)11-2-1-3-12(11)13(15)16/h4-7,11-12H,1-3H2,(H2,15,16). The maximum atomic E-state index is 11.3. The highest BCUT2D eigenvalue weighted by Crippen LogP contribution is 2.39. The first-order valence-electron chi connectivity index (χ1n) is 5.51. The summed E-state index contributed by atoms with van der Waals surface area (Å²) in [5.41, 5.74) is 7.17. The minimum absolute atomic E-state index is 0.0343. The molecule has 2 rings (SSSR count). The predicted molar refractivity (Wildman–Crippen MR) is 60.4 cm³/mol. The zero-order valence-electron chi connectivity index (χ0n) is 9.02. The summed E-state index contributed by atoms with van der Waals surface area (Å²) in [6.45, 7) is 0. The molecule has 1 fully saturated rings. The van der Waals surface area contributed by atoms with Gasteiger partial charge in [0, 0.05) is 5.92 Å². The highest BCUT2D eigenvalue weighted by atomic mass is 16.1. The summed E-state index contributed by atoms with van der Waals surface area (Å²) >= 11 is 0. The van der Waals surface area contributed by atoms with E-state index in [1.807, 2.05) is 12.1 Å². The van der Waals surface area contributed by atoms with E-state index in [0.29, 0.717) is 5.56 Å². The maximum absolute atomic E-state index is 11.3. The normalized spacial score (nSPS) is 23.9. The van der Waals surface area contributed by atoms with Crippen LogP contribution < -0.4 is 5.73 Å². The van der Waals surface area contributed by atoms with Crippen molar-refractivity contribution in [3.05, 3.63) is 35.4 Å². The van der Waals surface area contributed by atoms with Gasteiger partial charge in [0.25, 0.3) is 0 Å². The fraction of sp³-hybridized carbons (Fsp3) is 0.385. The molecule has 0 spiro atoms. The maximum Gasteiger partial charge on any atom is 0.221 e. The van der Waals surface area contributed by atoms with Crippen LogP contribution in [-0.2, 0) is 4.79 Å². The Morgan fingerprint density at radius 1 is 1.31 bits per heavy atom. The van der Waals surface area contributed by atoms with Crippen molar-refractivity contribution in [1.82, 2.24) is 0 Å². The summed E-state index contributed by atoms with van der Waals surface area (Å²) < 4.78 is 0. The zero-order chi connectivity index (χ0) is 11.5. The average molecular weight is 214 g/mol. The Kier molecular flexibility index (Phi) is 2.91. The number of hydrogen-bond donors (Lipinski definition) is 1. The molecule has 1 aliphatic carbocycles.